The Bertz CT molecular complexity index is 379. The molecule has 4 N–H and O–H groups in total. The van der Waals surface area contributed by atoms with Crippen molar-refractivity contribution in [2.75, 3.05) is 19.7 Å². The molecule has 0 fully saturated rings. The minimum Gasteiger partial charge on any atom is -0.395 e. The van der Waals surface area contributed by atoms with E-state index < -0.39 is 0 Å². The van der Waals surface area contributed by atoms with Gasteiger partial charge in [-0.05, 0) is 25.1 Å². The van der Waals surface area contributed by atoms with Crippen LogP contribution in [0.5, 0.6) is 0 Å². The molecule has 96 valence electrons. The van der Waals surface area contributed by atoms with Gasteiger partial charge in [0.2, 0.25) is 0 Å². The monoisotopic (exact) mass is 257 g/mol. The van der Waals surface area contributed by atoms with Gasteiger partial charge in [-0.15, -0.1) is 11.3 Å². The van der Waals surface area contributed by atoms with E-state index in [0.717, 1.165) is 23.5 Å². The number of nitrogens with two attached hydrogens (primary N) is 1. The van der Waals surface area contributed by atoms with E-state index in [-0.39, 0.29) is 12.5 Å². The van der Waals surface area contributed by atoms with E-state index >= 15 is 0 Å². The lowest BCUT2D eigenvalue weighted by molar-refractivity contribution is 0.0957. The second kappa shape index (κ2) is 6.70. The molecule has 17 heavy (non-hydrogen) atoms. The first-order valence-corrected chi connectivity index (χ1v) is 6.37. The molecule has 5 nitrogen and oxygen atoms in total. The number of hydrazine groups is 1. The van der Waals surface area contributed by atoms with Gasteiger partial charge in [0, 0.05) is 18.0 Å². The van der Waals surface area contributed by atoms with Crippen molar-refractivity contribution in [3.05, 3.63) is 21.4 Å². The number of amides is 1. The molecular weight excluding hydrogens is 238 g/mol. The Balaban J connectivity index is 2.77. The average Bonchev–Trinajstić information content (AvgIpc) is 2.69. The van der Waals surface area contributed by atoms with Crippen molar-refractivity contribution in [1.82, 2.24) is 10.3 Å². The fourth-order valence-corrected chi connectivity index (χ4v) is 2.53. The Morgan fingerprint density at radius 3 is 2.88 bits per heavy atom. The molecule has 1 heterocycles. The predicted molar refractivity (Wildman–Crippen MR) is 68.7 cm³/mol. The minimum atomic E-state index is -0.255. The first-order chi connectivity index (χ1) is 8.12. The van der Waals surface area contributed by atoms with Crippen LogP contribution in [-0.2, 0) is 6.54 Å². The molecule has 0 saturated heterocycles. The highest BCUT2D eigenvalue weighted by atomic mass is 32.1. The number of nitrogens with zero attached hydrogens (tertiary/aromatic N) is 1. The molecule has 1 rings (SSSR count). The third-order valence-corrected chi connectivity index (χ3v) is 3.72. The topological polar surface area (TPSA) is 78.6 Å². The van der Waals surface area contributed by atoms with Crippen LogP contribution in [0, 0.1) is 6.92 Å². The van der Waals surface area contributed by atoms with E-state index in [1.807, 2.05) is 19.9 Å². The average molecular weight is 257 g/mol. The lowest BCUT2D eigenvalue weighted by Crippen LogP contribution is -2.29. The summed E-state index contributed by atoms with van der Waals surface area (Å²) in [5.74, 6) is 4.85. The molecule has 1 aromatic heterocycles. The lowest BCUT2D eigenvalue weighted by Gasteiger charge is -2.18. The number of carbonyl (C=O) groups is 1. The van der Waals surface area contributed by atoms with Gasteiger partial charge < -0.3 is 5.11 Å². The first kappa shape index (κ1) is 14.1. The number of aliphatic hydroxyl groups is 1. The molecule has 1 amide bonds. The Labute approximate surface area is 105 Å². The number of aliphatic hydroxyl groups excluding tert-OH is 1. The van der Waals surface area contributed by atoms with Crippen LogP contribution < -0.4 is 11.3 Å². The van der Waals surface area contributed by atoms with Crippen LogP contribution in [0.15, 0.2) is 6.07 Å². The highest BCUT2D eigenvalue weighted by molar-refractivity contribution is 7.14. The largest absolute Gasteiger partial charge is 0.395 e. The normalized spacial score (nSPS) is 10.9. The number of hydrogen-bond donors (Lipinski definition) is 3. The quantitative estimate of drug-likeness (QED) is 0.393. The van der Waals surface area contributed by atoms with Gasteiger partial charge in [-0.25, -0.2) is 5.84 Å². The summed E-state index contributed by atoms with van der Waals surface area (Å²) in [5, 5.41) is 8.93. The van der Waals surface area contributed by atoms with Gasteiger partial charge in [-0.3, -0.25) is 15.1 Å². The Hall–Kier alpha value is -0.950. The van der Waals surface area contributed by atoms with E-state index in [4.69, 9.17) is 10.9 Å². The van der Waals surface area contributed by atoms with Crippen molar-refractivity contribution >= 4 is 17.2 Å². The van der Waals surface area contributed by atoms with E-state index in [9.17, 15) is 4.79 Å². The maximum Gasteiger partial charge on any atom is 0.275 e. The fraction of sp³-hybridized carbons (Fsp3) is 0.545. The molecule has 0 radical (unpaired) electrons. The second-order valence-corrected chi connectivity index (χ2v) is 5.01. The highest BCUT2D eigenvalue weighted by Gasteiger charge is 2.13. The Kier molecular flexibility index (Phi) is 5.57. The summed E-state index contributed by atoms with van der Waals surface area (Å²) in [6, 6.07) is 1.86. The van der Waals surface area contributed by atoms with Crippen LogP contribution in [0.25, 0.3) is 0 Å². The SMILES string of the molecule is CCN(CCO)Cc1cc(C(=O)NN)sc1C. The van der Waals surface area contributed by atoms with E-state index in [1.165, 1.54) is 11.3 Å². The maximum absolute atomic E-state index is 11.4. The number of nitrogens with one attached hydrogen (secondary N) is 1. The van der Waals surface area contributed by atoms with Crippen LogP contribution in [0.4, 0.5) is 0 Å². The van der Waals surface area contributed by atoms with Gasteiger partial charge in [0.1, 0.15) is 0 Å². The third-order valence-electron chi connectivity index (χ3n) is 2.63. The standard InChI is InChI=1S/C11H19N3O2S/c1-3-14(4-5-15)7-9-6-10(11(16)13-12)17-8(9)2/h6,15H,3-5,7,12H2,1-2H3,(H,13,16). The van der Waals surface area contributed by atoms with E-state index in [0.29, 0.717) is 11.4 Å². The molecule has 0 saturated carbocycles. The van der Waals surface area contributed by atoms with E-state index in [1.54, 1.807) is 0 Å². The number of aryl methyl sites for hydroxylation is 1. The smallest absolute Gasteiger partial charge is 0.275 e. The van der Waals surface area contributed by atoms with Gasteiger partial charge in [0.15, 0.2) is 0 Å². The van der Waals surface area contributed by atoms with Gasteiger partial charge in [-0.1, -0.05) is 6.92 Å². The van der Waals surface area contributed by atoms with Crippen LogP contribution in [0.1, 0.15) is 27.0 Å². The van der Waals surface area contributed by atoms with Crippen molar-refractivity contribution in [3.63, 3.8) is 0 Å². The summed E-state index contributed by atoms with van der Waals surface area (Å²) in [5.41, 5.74) is 3.25. The summed E-state index contributed by atoms with van der Waals surface area (Å²) in [6.45, 7) is 6.44. The summed E-state index contributed by atoms with van der Waals surface area (Å²) < 4.78 is 0. The molecule has 0 aliphatic rings. The van der Waals surface area contributed by atoms with Crippen LogP contribution in [0.3, 0.4) is 0 Å². The molecule has 0 atom stereocenters. The van der Waals surface area contributed by atoms with Gasteiger partial charge >= 0.3 is 0 Å². The van der Waals surface area contributed by atoms with Crippen molar-refractivity contribution < 1.29 is 9.90 Å². The fourth-order valence-electron chi connectivity index (χ4n) is 1.59. The molecule has 0 unspecified atom stereocenters. The zero-order valence-electron chi connectivity index (χ0n) is 10.2. The van der Waals surface area contributed by atoms with Crippen LogP contribution in [0.2, 0.25) is 0 Å². The maximum atomic E-state index is 11.4. The first-order valence-electron chi connectivity index (χ1n) is 5.55. The molecule has 0 bridgehead atoms. The molecular formula is C11H19N3O2S. The van der Waals surface area contributed by atoms with Crippen molar-refractivity contribution in [2.24, 2.45) is 5.84 Å². The van der Waals surface area contributed by atoms with Crippen LogP contribution >= 0.6 is 11.3 Å². The predicted octanol–water partition coefficient (Wildman–Crippen LogP) is 0.474. The van der Waals surface area contributed by atoms with Crippen LogP contribution in [-0.4, -0.2) is 35.6 Å². The minimum absolute atomic E-state index is 0.146. The summed E-state index contributed by atoms with van der Waals surface area (Å²) in [6.07, 6.45) is 0. The van der Waals surface area contributed by atoms with Gasteiger partial charge in [-0.2, -0.15) is 0 Å². The number of thiophene rings is 1. The lowest BCUT2D eigenvalue weighted by atomic mass is 10.2. The molecule has 6 heteroatoms. The molecule has 0 spiro atoms. The van der Waals surface area contributed by atoms with Gasteiger partial charge in [0.25, 0.3) is 5.91 Å². The number of likely N-dealkylation sites (N-methyl/N-ethyl adjacent to an activating group) is 1. The molecule has 0 aromatic carbocycles. The summed E-state index contributed by atoms with van der Waals surface area (Å²) in [4.78, 5) is 15.2. The van der Waals surface area contributed by atoms with E-state index in [2.05, 4.69) is 10.3 Å². The summed E-state index contributed by atoms with van der Waals surface area (Å²) in [7, 11) is 0. The molecule has 0 aliphatic heterocycles. The summed E-state index contributed by atoms with van der Waals surface area (Å²) >= 11 is 1.44. The second-order valence-electron chi connectivity index (χ2n) is 3.76. The zero-order chi connectivity index (χ0) is 12.8. The number of carbonyl (C=O) groups excluding carboxylic acids is 1. The zero-order valence-corrected chi connectivity index (χ0v) is 11.0. The van der Waals surface area contributed by atoms with Crippen molar-refractivity contribution in [3.8, 4) is 0 Å². The Morgan fingerprint density at radius 1 is 1.65 bits per heavy atom. The van der Waals surface area contributed by atoms with Gasteiger partial charge in [0.05, 0.1) is 11.5 Å². The van der Waals surface area contributed by atoms with Crippen molar-refractivity contribution in [1.29, 1.82) is 0 Å². The van der Waals surface area contributed by atoms with Crippen molar-refractivity contribution in [2.45, 2.75) is 20.4 Å². The number of rotatable bonds is 6. The number of nitrogen functional groups attached to an aromatic ring is 1. The highest BCUT2D eigenvalue weighted by Crippen LogP contribution is 2.22. The Morgan fingerprint density at radius 2 is 2.35 bits per heavy atom. The molecule has 0 aliphatic carbocycles. The molecule has 1 aromatic rings. The third kappa shape index (κ3) is 3.78. The number of hydrogen-bond acceptors (Lipinski definition) is 5.